The fourth-order valence-corrected chi connectivity index (χ4v) is 3.64. The maximum atomic E-state index is 13.2. The zero-order chi connectivity index (χ0) is 20.2. The number of rotatable bonds is 8. The summed E-state index contributed by atoms with van der Waals surface area (Å²) in [6.45, 7) is 1.52. The van der Waals surface area contributed by atoms with Crippen LogP contribution in [0.5, 0.6) is 0 Å². The molecule has 6 nitrogen and oxygen atoms in total. The van der Waals surface area contributed by atoms with Gasteiger partial charge in [-0.25, -0.2) is 4.39 Å². The van der Waals surface area contributed by atoms with E-state index < -0.39 is 5.82 Å². The zero-order valence-corrected chi connectivity index (χ0v) is 16.3. The van der Waals surface area contributed by atoms with Crippen LogP contribution >= 0.6 is 0 Å². The van der Waals surface area contributed by atoms with Crippen LogP contribution in [0.25, 0.3) is 0 Å². The van der Waals surface area contributed by atoms with Crippen LogP contribution in [0, 0.1) is 5.82 Å². The third kappa shape index (κ3) is 5.03. The third-order valence-electron chi connectivity index (χ3n) is 5.37. The Bertz CT molecular complexity index is 827. The minimum Gasteiger partial charge on any atom is -0.467 e. The second-order valence-electron chi connectivity index (χ2n) is 7.66. The molecule has 0 bridgehead atoms. The summed E-state index contributed by atoms with van der Waals surface area (Å²) in [7, 11) is 0. The summed E-state index contributed by atoms with van der Waals surface area (Å²) in [4.78, 5) is 29.4. The largest absolute Gasteiger partial charge is 0.467 e. The summed E-state index contributed by atoms with van der Waals surface area (Å²) in [5.74, 6) is -0.0776. The second-order valence-corrected chi connectivity index (χ2v) is 7.66. The van der Waals surface area contributed by atoms with Crippen molar-refractivity contribution in [3.05, 3.63) is 59.8 Å². The first-order chi connectivity index (χ1) is 14.1. The lowest BCUT2D eigenvalue weighted by atomic mass is 10.2. The Kier molecular flexibility index (Phi) is 5.94. The maximum absolute atomic E-state index is 13.2. The maximum Gasteiger partial charge on any atom is 0.254 e. The lowest BCUT2D eigenvalue weighted by molar-refractivity contribution is -0.134. The Morgan fingerprint density at radius 2 is 1.90 bits per heavy atom. The first-order valence-corrected chi connectivity index (χ1v) is 10.1. The van der Waals surface area contributed by atoms with Crippen LogP contribution in [0.4, 0.5) is 4.39 Å². The summed E-state index contributed by atoms with van der Waals surface area (Å²) in [6.07, 6.45) is 5.26. The molecular formula is C22H25FN2O4. The molecule has 0 radical (unpaired) electrons. The molecule has 4 rings (SSSR count). The van der Waals surface area contributed by atoms with Gasteiger partial charge >= 0.3 is 0 Å². The van der Waals surface area contributed by atoms with Gasteiger partial charge in [-0.2, -0.15) is 0 Å². The fraction of sp³-hybridized carbons (Fsp3) is 0.455. The van der Waals surface area contributed by atoms with E-state index in [9.17, 15) is 14.0 Å². The summed E-state index contributed by atoms with van der Waals surface area (Å²) < 4.78 is 24.3. The van der Waals surface area contributed by atoms with Crippen molar-refractivity contribution in [2.24, 2.45) is 0 Å². The molecule has 2 aliphatic rings. The molecule has 29 heavy (non-hydrogen) atoms. The molecule has 1 aromatic carbocycles. The van der Waals surface area contributed by atoms with Crippen molar-refractivity contribution >= 4 is 11.8 Å². The van der Waals surface area contributed by atoms with E-state index in [0.717, 1.165) is 25.7 Å². The lowest BCUT2D eigenvalue weighted by Crippen LogP contribution is -2.45. The number of hydrogen-bond donors (Lipinski definition) is 0. The second kappa shape index (κ2) is 8.78. The zero-order valence-electron chi connectivity index (χ0n) is 16.3. The average Bonchev–Trinajstić information content (AvgIpc) is 3.18. The molecule has 7 heteroatoms. The highest BCUT2D eigenvalue weighted by molar-refractivity contribution is 5.97. The van der Waals surface area contributed by atoms with Gasteiger partial charge in [0.25, 0.3) is 5.91 Å². The first-order valence-electron chi connectivity index (χ1n) is 10.1. The minimum atomic E-state index is -0.392. The van der Waals surface area contributed by atoms with Crippen LogP contribution in [-0.4, -0.2) is 53.5 Å². The highest BCUT2D eigenvalue weighted by atomic mass is 19.1. The Morgan fingerprint density at radius 1 is 1.10 bits per heavy atom. The summed E-state index contributed by atoms with van der Waals surface area (Å²) in [5, 5.41) is 0. The van der Waals surface area contributed by atoms with E-state index in [4.69, 9.17) is 9.15 Å². The van der Waals surface area contributed by atoms with Crippen molar-refractivity contribution in [3.8, 4) is 0 Å². The number of furan rings is 1. The fourth-order valence-electron chi connectivity index (χ4n) is 3.64. The van der Waals surface area contributed by atoms with E-state index in [-0.39, 0.29) is 30.5 Å². The van der Waals surface area contributed by atoms with E-state index in [1.165, 1.54) is 24.3 Å². The SMILES string of the molecule is O=C(CN(C(=O)c1ccc(F)cc1)C1CC1)N(Cc1ccco1)CC1CCCO1. The van der Waals surface area contributed by atoms with Crippen LogP contribution < -0.4 is 0 Å². The standard InChI is InChI=1S/C22H25FN2O4/c23-17-7-5-16(6-8-17)22(27)25(18-9-10-18)15-21(26)24(13-19-3-1-11-28-19)14-20-4-2-12-29-20/h1,3,5-8,11,18,20H,2,4,9-10,12-15H2. The van der Waals surface area contributed by atoms with Gasteiger partial charge in [-0.15, -0.1) is 0 Å². The molecule has 0 N–H and O–H groups in total. The molecule has 2 heterocycles. The first kappa shape index (κ1) is 19.6. The van der Waals surface area contributed by atoms with Gasteiger partial charge in [-0.05, 0) is 62.1 Å². The minimum absolute atomic E-state index is 0.00565. The summed E-state index contributed by atoms with van der Waals surface area (Å²) in [6, 6.07) is 9.14. The monoisotopic (exact) mass is 400 g/mol. The van der Waals surface area contributed by atoms with E-state index in [1.807, 2.05) is 6.07 Å². The molecule has 1 aliphatic heterocycles. The molecule has 1 aliphatic carbocycles. The predicted octanol–water partition coefficient (Wildman–Crippen LogP) is 3.23. The summed E-state index contributed by atoms with van der Waals surface area (Å²) >= 11 is 0. The van der Waals surface area contributed by atoms with Gasteiger partial charge < -0.3 is 19.0 Å². The van der Waals surface area contributed by atoms with Gasteiger partial charge in [-0.1, -0.05) is 0 Å². The van der Waals surface area contributed by atoms with Gasteiger partial charge in [0.05, 0.1) is 18.9 Å². The number of benzene rings is 1. The number of carbonyl (C=O) groups is 2. The Morgan fingerprint density at radius 3 is 2.52 bits per heavy atom. The van der Waals surface area contributed by atoms with Crippen LogP contribution in [0.15, 0.2) is 47.1 Å². The van der Waals surface area contributed by atoms with Crippen LogP contribution in [0.3, 0.4) is 0 Å². The molecule has 1 unspecified atom stereocenters. The number of carbonyl (C=O) groups excluding carboxylic acids is 2. The molecule has 1 aromatic heterocycles. The van der Waals surface area contributed by atoms with Crippen molar-refractivity contribution in [2.45, 2.75) is 44.4 Å². The van der Waals surface area contributed by atoms with Gasteiger partial charge in [0, 0.05) is 24.8 Å². The van der Waals surface area contributed by atoms with Crippen LogP contribution in [0.1, 0.15) is 41.8 Å². The summed E-state index contributed by atoms with van der Waals surface area (Å²) in [5.41, 5.74) is 0.391. The molecular weight excluding hydrogens is 375 g/mol. The number of hydrogen-bond acceptors (Lipinski definition) is 4. The number of amides is 2. The molecule has 2 fully saturated rings. The van der Waals surface area contributed by atoms with E-state index in [0.29, 0.717) is 31.0 Å². The highest BCUT2D eigenvalue weighted by Crippen LogP contribution is 2.28. The lowest BCUT2D eigenvalue weighted by Gasteiger charge is -2.29. The smallest absolute Gasteiger partial charge is 0.254 e. The van der Waals surface area contributed by atoms with Crippen molar-refractivity contribution in [3.63, 3.8) is 0 Å². The predicted molar refractivity (Wildman–Crippen MR) is 104 cm³/mol. The van der Waals surface area contributed by atoms with Crippen molar-refractivity contribution in [1.29, 1.82) is 0 Å². The van der Waals surface area contributed by atoms with Gasteiger partial charge in [0.1, 0.15) is 18.1 Å². The molecule has 2 aromatic rings. The Hall–Kier alpha value is -2.67. The molecule has 1 saturated heterocycles. The average molecular weight is 400 g/mol. The van der Waals surface area contributed by atoms with Gasteiger partial charge in [-0.3, -0.25) is 9.59 Å². The molecule has 0 spiro atoms. The van der Waals surface area contributed by atoms with E-state index >= 15 is 0 Å². The number of nitrogens with zero attached hydrogens (tertiary/aromatic N) is 2. The van der Waals surface area contributed by atoms with E-state index in [1.54, 1.807) is 22.1 Å². The topological polar surface area (TPSA) is 63.0 Å². The van der Waals surface area contributed by atoms with E-state index in [2.05, 4.69) is 0 Å². The Balaban J connectivity index is 1.47. The van der Waals surface area contributed by atoms with Gasteiger partial charge in [0.2, 0.25) is 5.91 Å². The number of halogens is 1. The molecule has 1 atom stereocenters. The van der Waals surface area contributed by atoms with Crippen molar-refractivity contribution < 1.29 is 23.1 Å². The third-order valence-corrected chi connectivity index (χ3v) is 5.37. The highest BCUT2D eigenvalue weighted by Gasteiger charge is 2.36. The van der Waals surface area contributed by atoms with Gasteiger partial charge in [0.15, 0.2) is 0 Å². The molecule has 2 amide bonds. The van der Waals surface area contributed by atoms with Crippen LogP contribution in [0.2, 0.25) is 0 Å². The normalized spacial score (nSPS) is 18.6. The van der Waals surface area contributed by atoms with Crippen molar-refractivity contribution in [1.82, 2.24) is 9.80 Å². The molecule has 1 saturated carbocycles. The number of ether oxygens (including phenoxy) is 1. The molecule has 154 valence electrons. The quantitative estimate of drug-likeness (QED) is 0.683. The Labute approximate surface area is 169 Å². The van der Waals surface area contributed by atoms with Crippen molar-refractivity contribution in [2.75, 3.05) is 19.7 Å². The van der Waals surface area contributed by atoms with Crippen LogP contribution in [-0.2, 0) is 16.1 Å².